The molecule has 0 fully saturated rings. The van der Waals surface area contributed by atoms with Crippen molar-refractivity contribution < 1.29 is 14.3 Å². The highest BCUT2D eigenvalue weighted by Crippen LogP contribution is 2.14. The molecule has 0 radical (unpaired) electrons. The van der Waals surface area contributed by atoms with Crippen molar-refractivity contribution in [3.63, 3.8) is 0 Å². The molecule has 0 saturated carbocycles. The Bertz CT molecular complexity index is 401. The zero-order chi connectivity index (χ0) is 14.3. The van der Waals surface area contributed by atoms with Crippen molar-refractivity contribution >= 4 is 21.8 Å². The van der Waals surface area contributed by atoms with E-state index >= 15 is 0 Å². The van der Waals surface area contributed by atoms with E-state index < -0.39 is 6.29 Å². The maximum atomic E-state index is 12.1. The summed E-state index contributed by atoms with van der Waals surface area (Å²) in [5, 5.41) is 2.83. The van der Waals surface area contributed by atoms with Gasteiger partial charge in [0.1, 0.15) is 5.69 Å². The van der Waals surface area contributed by atoms with Gasteiger partial charge in [-0.2, -0.15) is 0 Å². The minimum absolute atomic E-state index is 0.128. The molecule has 0 bridgehead atoms. The van der Waals surface area contributed by atoms with Crippen LogP contribution in [0.4, 0.5) is 0 Å². The van der Waals surface area contributed by atoms with Gasteiger partial charge >= 0.3 is 0 Å². The first-order valence-electron chi connectivity index (χ1n) is 6.49. The lowest BCUT2D eigenvalue weighted by molar-refractivity contribution is -0.131. The number of aryl methyl sites for hydroxylation is 1. The first-order valence-corrected chi connectivity index (χ1v) is 7.28. The maximum Gasteiger partial charge on any atom is 0.268 e. The molecule has 5 nitrogen and oxygen atoms in total. The van der Waals surface area contributed by atoms with E-state index in [1.807, 2.05) is 31.5 Å². The van der Waals surface area contributed by atoms with Gasteiger partial charge in [-0.05, 0) is 42.8 Å². The molecule has 0 unspecified atom stereocenters. The minimum atomic E-state index is -0.396. The summed E-state index contributed by atoms with van der Waals surface area (Å²) in [7, 11) is 0. The van der Waals surface area contributed by atoms with Crippen LogP contribution in [0.5, 0.6) is 0 Å². The average molecular weight is 333 g/mol. The van der Waals surface area contributed by atoms with Crippen molar-refractivity contribution in [3.8, 4) is 0 Å². The molecule has 0 spiro atoms. The SMILES string of the molecule is CCOC(CNC(=O)c1cc(Br)cn1CC)OCC. The Morgan fingerprint density at radius 1 is 1.37 bits per heavy atom. The molecular weight excluding hydrogens is 312 g/mol. The number of ether oxygens (including phenoxy) is 2. The van der Waals surface area contributed by atoms with Gasteiger partial charge < -0.3 is 19.4 Å². The van der Waals surface area contributed by atoms with Gasteiger partial charge in [-0.1, -0.05) is 0 Å². The number of hydrogen-bond donors (Lipinski definition) is 1. The Labute approximate surface area is 122 Å². The van der Waals surface area contributed by atoms with E-state index in [-0.39, 0.29) is 5.91 Å². The van der Waals surface area contributed by atoms with E-state index in [2.05, 4.69) is 21.2 Å². The van der Waals surface area contributed by atoms with Gasteiger partial charge in [0.25, 0.3) is 5.91 Å². The van der Waals surface area contributed by atoms with E-state index in [0.717, 1.165) is 11.0 Å². The molecule has 0 atom stereocenters. The monoisotopic (exact) mass is 332 g/mol. The molecule has 1 amide bonds. The van der Waals surface area contributed by atoms with Gasteiger partial charge in [0, 0.05) is 30.4 Å². The quantitative estimate of drug-likeness (QED) is 0.744. The Kier molecular flexibility index (Phi) is 7.12. The molecule has 1 rings (SSSR count). The molecule has 0 aromatic carbocycles. The molecule has 1 aromatic rings. The third-order valence-electron chi connectivity index (χ3n) is 2.57. The molecule has 1 aromatic heterocycles. The van der Waals surface area contributed by atoms with Gasteiger partial charge in [-0.15, -0.1) is 0 Å². The Hall–Kier alpha value is -0.850. The topological polar surface area (TPSA) is 52.5 Å². The number of halogens is 1. The van der Waals surface area contributed by atoms with E-state index in [0.29, 0.717) is 25.5 Å². The van der Waals surface area contributed by atoms with Crippen LogP contribution in [-0.2, 0) is 16.0 Å². The number of amides is 1. The zero-order valence-electron chi connectivity index (χ0n) is 11.6. The number of carbonyl (C=O) groups is 1. The molecule has 1 N–H and O–H groups in total. The van der Waals surface area contributed by atoms with Gasteiger partial charge in [-0.3, -0.25) is 4.79 Å². The van der Waals surface area contributed by atoms with Crippen molar-refractivity contribution in [2.24, 2.45) is 0 Å². The predicted octanol–water partition coefficient (Wildman–Crippen LogP) is 2.40. The molecule has 0 aliphatic heterocycles. The Morgan fingerprint density at radius 2 is 2.00 bits per heavy atom. The first-order chi connectivity index (χ1) is 9.12. The molecular formula is C13H21BrN2O3. The van der Waals surface area contributed by atoms with E-state index in [1.54, 1.807) is 6.07 Å². The second kappa shape index (κ2) is 8.35. The lowest BCUT2D eigenvalue weighted by atomic mass is 10.4. The van der Waals surface area contributed by atoms with Gasteiger partial charge in [-0.25, -0.2) is 0 Å². The molecule has 6 heteroatoms. The van der Waals surface area contributed by atoms with Gasteiger partial charge in [0.15, 0.2) is 6.29 Å². The zero-order valence-corrected chi connectivity index (χ0v) is 13.2. The van der Waals surface area contributed by atoms with Crippen LogP contribution in [0.1, 0.15) is 31.3 Å². The normalized spacial score (nSPS) is 11.0. The minimum Gasteiger partial charge on any atom is -0.351 e. The Balaban J connectivity index is 2.58. The van der Waals surface area contributed by atoms with Crippen molar-refractivity contribution in [2.45, 2.75) is 33.6 Å². The fourth-order valence-electron chi connectivity index (χ4n) is 1.73. The Morgan fingerprint density at radius 3 is 2.53 bits per heavy atom. The fourth-order valence-corrected chi connectivity index (χ4v) is 2.20. The summed E-state index contributed by atoms with van der Waals surface area (Å²) in [6, 6.07) is 1.80. The van der Waals surface area contributed by atoms with Crippen LogP contribution in [0.2, 0.25) is 0 Å². The summed E-state index contributed by atoms with van der Waals surface area (Å²) in [6.45, 7) is 7.98. The molecule has 0 saturated heterocycles. The number of nitrogens with one attached hydrogen (secondary N) is 1. The van der Waals surface area contributed by atoms with Crippen molar-refractivity contribution in [3.05, 3.63) is 22.4 Å². The van der Waals surface area contributed by atoms with Crippen LogP contribution in [0.15, 0.2) is 16.7 Å². The third kappa shape index (κ3) is 4.97. The fraction of sp³-hybridized carbons (Fsp3) is 0.615. The van der Waals surface area contributed by atoms with E-state index in [9.17, 15) is 4.79 Å². The van der Waals surface area contributed by atoms with E-state index in [4.69, 9.17) is 9.47 Å². The van der Waals surface area contributed by atoms with Crippen LogP contribution < -0.4 is 5.32 Å². The molecule has 0 aliphatic carbocycles. The van der Waals surface area contributed by atoms with Crippen LogP contribution in [0.25, 0.3) is 0 Å². The number of aromatic nitrogens is 1. The van der Waals surface area contributed by atoms with Crippen LogP contribution >= 0.6 is 15.9 Å². The summed E-state index contributed by atoms with van der Waals surface area (Å²) in [5.74, 6) is -0.128. The van der Waals surface area contributed by atoms with Crippen molar-refractivity contribution in [1.29, 1.82) is 0 Å². The van der Waals surface area contributed by atoms with Crippen LogP contribution in [-0.4, -0.2) is 36.5 Å². The summed E-state index contributed by atoms with van der Waals surface area (Å²) in [4.78, 5) is 12.1. The van der Waals surface area contributed by atoms with Crippen molar-refractivity contribution in [1.82, 2.24) is 9.88 Å². The number of rotatable bonds is 8. The van der Waals surface area contributed by atoms with Crippen LogP contribution in [0, 0.1) is 0 Å². The van der Waals surface area contributed by atoms with Crippen molar-refractivity contribution in [2.75, 3.05) is 19.8 Å². The highest BCUT2D eigenvalue weighted by atomic mass is 79.9. The highest BCUT2D eigenvalue weighted by Gasteiger charge is 2.15. The molecule has 0 aliphatic rings. The summed E-state index contributed by atoms with van der Waals surface area (Å²) < 4.78 is 13.5. The van der Waals surface area contributed by atoms with E-state index in [1.165, 1.54) is 0 Å². The summed E-state index contributed by atoms with van der Waals surface area (Å²) in [5.41, 5.74) is 0.626. The summed E-state index contributed by atoms with van der Waals surface area (Å²) in [6.07, 6.45) is 1.49. The van der Waals surface area contributed by atoms with Crippen LogP contribution in [0.3, 0.4) is 0 Å². The highest BCUT2D eigenvalue weighted by molar-refractivity contribution is 9.10. The second-order valence-electron chi connectivity index (χ2n) is 3.88. The second-order valence-corrected chi connectivity index (χ2v) is 4.80. The number of hydrogen-bond acceptors (Lipinski definition) is 3. The lowest BCUT2D eigenvalue weighted by Gasteiger charge is -2.17. The average Bonchev–Trinajstić information content (AvgIpc) is 2.77. The van der Waals surface area contributed by atoms with Gasteiger partial charge in [0.05, 0.1) is 6.54 Å². The van der Waals surface area contributed by atoms with Gasteiger partial charge in [0.2, 0.25) is 0 Å². The third-order valence-corrected chi connectivity index (χ3v) is 3.00. The number of nitrogens with zero attached hydrogens (tertiary/aromatic N) is 1. The standard InChI is InChI=1S/C13H21BrN2O3/c1-4-16-9-10(14)7-11(16)13(17)15-8-12(18-5-2)19-6-3/h7,9,12H,4-6,8H2,1-3H3,(H,15,17). The smallest absolute Gasteiger partial charge is 0.268 e. The predicted molar refractivity (Wildman–Crippen MR) is 77.2 cm³/mol. The number of carbonyl (C=O) groups excluding carboxylic acids is 1. The lowest BCUT2D eigenvalue weighted by Crippen LogP contribution is -2.36. The summed E-state index contributed by atoms with van der Waals surface area (Å²) >= 11 is 3.37. The molecule has 19 heavy (non-hydrogen) atoms. The largest absolute Gasteiger partial charge is 0.351 e. The molecule has 1 heterocycles. The first kappa shape index (κ1) is 16.2. The molecule has 108 valence electrons. The maximum absolute atomic E-state index is 12.1.